The first-order chi connectivity index (χ1) is 5.97. The second-order valence-corrected chi connectivity index (χ2v) is 3.25. The van der Waals surface area contributed by atoms with E-state index in [9.17, 15) is 0 Å². The molecule has 1 aliphatic rings. The SMILES string of the molecule is [c]1ccc(C2CCCOC2)cc1. The van der Waals surface area contributed by atoms with E-state index in [1.807, 2.05) is 12.1 Å². The molecular weight excluding hydrogens is 148 g/mol. The molecule has 1 nitrogen and oxygen atoms in total. The zero-order valence-electron chi connectivity index (χ0n) is 7.12. The van der Waals surface area contributed by atoms with Crippen LogP contribution in [0.4, 0.5) is 0 Å². The number of hydrogen-bond donors (Lipinski definition) is 0. The van der Waals surface area contributed by atoms with Crippen molar-refractivity contribution in [2.24, 2.45) is 0 Å². The van der Waals surface area contributed by atoms with Crippen molar-refractivity contribution >= 4 is 0 Å². The van der Waals surface area contributed by atoms with Crippen molar-refractivity contribution in [2.45, 2.75) is 18.8 Å². The predicted molar refractivity (Wildman–Crippen MR) is 48.1 cm³/mol. The van der Waals surface area contributed by atoms with Crippen molar-refractivity contribution in [3.8, 4) is 0 Å². The van der Waals surface area contributed by atoms with Crippen LogP contribution in [0.25, 0.3) is 0 Å². The Morgan fingerprint density at radius 2 is 2.17 bits per heavy atom. The third-order valence-electron chi connectivity index (χ3n) is 2.38. The van der Waals surface area contributed by atoms with Gasteiger partial charge >= 0.3 is 0 Å². The average molecular weight is 161 g/mol. The summed E-state index contributed by atoms with van der Waals surface area (Å²) in [5, 5.41) is 0. The first kappa shape index (κ1) is 7.81. The lowest BCUT2D eigenvalue weighted by Gasteiger charge is -2.22. The van der Waals surface area contributed by atoms with Gasteiger partial charge in [0.2, 0.25) is 0 Å². The van der Waals surface area contributed by atoms with Crippen LogP contribution < -0.4 is 0 Å². The van der Waals surface area contributed by atoms with E-state index >= 15 is 0 Å². The molecule has 1 atom stereocenters. The summed E-state index contributed by atoms with van der Waals surface area (Å²) in [5.74, 6) is 0.619. The largest absolute Gasteiger partial charge is 0.381 e. The highest BCUT2D eigenvalue weighted by atomic mass is 16.5. The number of hydrogen-bond acceptors (Lipinski definition) is 1. The van der Waals surface area contributed by atoms with E-state index in [0.717, 1.165) is 13.2 Å². The van der Waals surface area contributed by atoms with Crippen LogP contribution in [-0.2, 0) is 4.74 Å². The average Bonchev–Trinajstić information content (AvgIpc) is 2.21. The molecule has 1 saturated heterocycles. The Morgan fingerprint density at radius 1 is 1.33 bits per heavy atom. The van der Waals surface area contributed by atoms with E-state index in [-0.39, 0.29) is 0 Å². The molecule has 0 bridgehead atoms. The van der Waals surface area contributed by atoms with Crippen LogP contribution in [0.3, 0.4) is 0 Å². The third-order valence-corrected chi connectivity index (χ3v) is 2.38. The monoisotopic (exact) mass is 161 g/mol. The minimum Gasteiger partial charge on any atom is -0.381 e. The molecule has 0 spiro atoms. The van der Waals surface area contributed by atoms with Crippen LogP contribution in [0.1, 0.15) is 24.3 Å². The normalized spacial score (nSPS) is 23.8. The Morgan fingerprint density at radius 3 is 2.83 bits per heavy atom. The lowest BCUT2D eigenvalue weighted by molar-refractivity contribution is 0.0804. The third kappa shape index (κ3) is 1.67. The minimum atomic E-state index is 0.619. The first-order valence-electron chi connectivity index (χ1n) is 4.50. The van der Waals surface area contributed by atoms with Gasteiger partial charge in [-0.1, -0.05) is 24.3 Å². The minimum absolute atomic E-state index is 0.619. The van der Waals surface area contributed by atoms with E-state index in [0.29, 0.717) is 5.92 Å². The Labute approximate surface area is 73.4 Å². The van der Waals surface area contributed by atoms with Crippen LogP contribution in [-0.4, -0.2) is 13.2 Å². The van der Waals surface area contributed by atoms with E-state index in [2.05, 4.69) is 18.2 Å². The summed E-state index contributed by atoms with van der Waals surface area (Å²) in [5.41, 5.74) is 1.40. The smallest absolute Gasteiger partial charge is 0.0534 e. The Bertz CT molecular complexity index is 224. The van der Waals surface area contributed by atoms with Crippen LogP contribution >= 0.6 is 0 Å². The maximum atomic E-state index is 5.43. The molecule has 1 heteroatoms. The second-order valence-electron chi connectivity index (χ2n) is 3.25. The van der Waals surface area contributed by atoms with Gasteiger partial charge in [-0.15, -0.1) is 0 Å². The van der Waals surface area contributed by atoms with Gasteiger partial charge in [0.1, 0.15) is 0 Å². The fourth-order valence-corrected chi connectivity index (χ4v) is 1.68. The van der Waals surface area contributed by atoms with Gasteiger partial charge < -0.3 is 4.74 Å². The zero-order chi connectivity index (χ0) is 8.23. The molecule has 0 aliphatic carbocycles. The van der Waals surface area contributed by atoms with Gasteiger partial charge in [-0.25, -0.2) is 0 Å². The Balaban J connectivity index is 2.08. The van der Waals surface area contributed by atoms with Gasteiger partial charge in [0.05, 0.1) is 6.61 Å². The highest BCUT2D eigenvalue weighted by Gasteiger charge is 2.14. The van der Waals surface area contributed by atoms with Gasteiger partial charge in [0.15, 0.2) is 0 Å². The maximum absolute atomic E-state index is 5.43. The summed E-state index contributed by atoms with van der Waals surface area (Å²) in [6, 6.07) is 11.3. The fraction of sp³-hybridized carbons (Fsp3) is 0.455. The Hall–Kier alpha value is -0.820. The van der Waals surface area contributed by atoms with Gasteiger partial charge in [0.25, 0.3) is 0 Å². The maximum Gasteiger partial charge on any atom is 0.0534 e. The molecule has 0 saturated carbocycles. The first-order valence-corrected chi connectivity index (χ1v) is 4.50. The molecule has 1 radical (unpaired) electrons. The summed E-state index contributed by atoms with van der Waals surface area (Å²) in [6.45, 7) is 1.83. The lowest BCUT2D eigenvalue weighted by atomic mass is 9.94. The molecule has 0 N–H and O–H groups in total. The molecule has 1 heterocycles. The van der Waals surface area contributed by atoms with Gasteiger partial charge in [-0.05, 0) is 24.5 Å². The summed E-state index contributed by atoms with van der Waals surface area (Å²) in [4.78, 5) is 0. The quantitative estimate of drug-likeness (QED) is 0.614. The highest BCUT2D eigenvalue weighted by Crippen LogP contribution is 2.24. The molecule has 1 unspecified atom stereocenters. The number of benzene rings is 1. The predicted octanol–water partition coefficient (Wildman–Crippen LogP) is 2.38. The molecule has 0 amide bonds. The topological polar surface area (TPSA) is 9.23 Å². The molecule has 0 aromatic heterocycles. The standard InChI is InChI=1S/C11H13O/c1-2-5-10(6-3-1)11-7-4-8-12-9-11/h2-3,5-6,11H,4,7-9H2. The Kier molecular flexibility index (Phi) is 2.42. The number of rotatable bonds is 1. The van der Waals surface area contributed by atoms with E-state index in [4.69, 9.17) is 4.74 Å². The highest BCUT2D eigenvalue weighted by molar-refractivity contribution is 5.19. The molecule has 1 aromatic carbocycles. The molecule has 2 rings (SSSR count). The molecule has 12 heavy (non-hydrogen) atoms. The summed E-state index contributed by atoms with van der Waals surface area (Å²) < 4.78 is 5.43. The molecule has 63 valence electrons. The van der Waals surface area contributed by atoms with Crippen molar-refractivity contribution < 1.29 is 4.74 Å². The molecule has 1 aliphatic heterocycles. The number of ether oxygens (including phenoxy) is 1. The molecule has 1 fully saturated rings. The van der Waals surface area contributed by atoms with Crippen LogP contribution in [0.5, 0.6) is 0 Å². The van der Waals surface area contributed by atoms with Crippen molar-refractivity contribution in [1.82, 2.24) is 0 Å². The van der Waals surface area contributed by atoms with Crippen LogP contribution in [0, 0.1) is 6.07 Å². The van der Waals surface area contributed by atoms with Crippen molar-refractivity contribution in [3.63, 3.8) is 0 Å². The van der Waals surface area contributed by atoms with E-state index < -0.39 is 0 Å². The zero-order valence-corrected chi connectivity index (χ0v) is 7.12. The summed E-state index contributed by atoms with van der Waals surface area (Å²) in [7, 11) is 0. The van der Waals surface area contributed by atoms with Crippen molar-refractivity contribution in [1.29, 1.82) is 0 Å². The van der Waals surface area contributed by atoms with Gasteiger partial charge in [-0.2, -0.15) is 0 Å². The molecular formula is C11H13O. The van der Waals surface area contributed by atoms with E-state index in [1.165, 1.54) is 18.4 Å². The van der Waals surface area contributed by atoms with Crippen molar-refractivity contribution in [2.75, 3.05) is 13.2 Å². The van der Waals surface area contributed by atoms with Gasteiger partial charge in [0, 0.05) is 12.5 Å². The van der Waals surface area contributed by atoms with Crippen LogP contribution in [0.15, 0.2) is 24.3 Å². The summed E-state index contributed by atoms with van der Waals surface area (Å²) >= 11 is 0. The molecule has 1 aromatic rings. The van der Waals surface area contributed by atoms with E-state index in [1.54, 1.807) is 0 Å². The lowest BCUT2D eigenvalue weighted by Crippen LogP contribution is -2.15. The fourth-order valence-electron chi connectivity index (χ4n) is 1.68. The van der Waals surface area contributed by atoms with Gasteiger partial charge in [-0.3, -0.25) is 0 Å². The second kappa shape index (κ2) is 3.72. The van der Waals surface area contributed by atoms with Crippen molar-refractivity contribution in [3.05, 3.63) is 35.9 Å². The van der Waals surface area contributed by atoms with Crippen LogP contribution in [0.2, 0.25) is 0 Å². The summed E-state index contributed by atoms with van der Waals surface area (Å²) in [6.07, 6.45) is 2.47.